The first kappa shape index (κ1) is 14.7. The van der Waals surface area contributed by atoms with Gasteiger partial charge in [0.05, 0.1) is 22.3 Å². The van der Waals surface area contributed by atoms with Crippen molar-refractivity contribution in [3.63, 3.8) is 0 Å². The van der Waals surface area contributed by atoms with Crippen molar-refractivity contribution >= 4 is 11.7 Å². The molecule has 2 aromatic rings. The van der Waals surface area contributed by atoms with Crippen molar-refractivity contribution in [1.82, 2.24) is 9.78 Å². The minimum Gasteiger partial charge on any atom is -0.543 e. The van der Waals surface area contributed by atoms with E-state index < -0.39 is 10.9 Å². The Balaban J connectivity index is 2.56. The van der Waals surface area contributed by atoms with Crippen LogP contribution < -0.4 is 5.11 Å². The summed E-state index contributed by atoms with van der Waals surface area (Å²) in [6, 6.07) is 7.21. The van der Waals surface area contributed by atoms with Gasteiger partial charge in [-0.25, -0.2) is 4.68 Å². The van der Waals surface area contributed by atoms with Crippen LogP contribution in [0, 0.1) is 10.1 Å². The van der Waals surface area contributed by atoms with Crippen molar-refractivity contribution in [3.05, 3.63) is 51.8 Å². The zero-order valence-electron chi connectivity index (χ0n) is 11.9. The third-order valence-electron chi connectivity index (χ3n) is 2.99. The van der Waals surface area contributed by atoms with Crippen LogP contribution in [0.4, 0.5) is 5.69 Å². The largest absolute Gasteiger partial charge is 0.543 e. The van der Waals surface area contributed by atoms with Gasteiger partial charge >= 0.3 is 0 Å². The van der Waals surface area contributed by atoms with E-state index in [1.807, 2.05) is 20.8 Å². The zero-order chi connectivity index (χ0) is 15.8. The first-order chi connectivity index (χ1) is 9.70. The summed E-state index contributed by atoms with van der Waals surface area (Å²) in [5.41, 5.74) is 0.679. The van der Waals surface area contributed by atoms with Gasteiger partial charge < -0.3 is 9.90 Å². The fourth-order valence-corrected chi connectivity index (χ4v) is 1.93. The monoisotopic (exact) mass is 288 g/mol. The molecular weight excluding hydrogens is 274 g/mol. The number of aromatic nitrogens is 2. The highest BCUT2D eigenvalue weighted by molar-refractivity contribution is 5.83. The second-order valence-corrected chi connectivity index (χ2v) is 5.64. The number of rotatable bonds is 3. The summed E-state index contributed by atoms with van der Waals surface area (Å²) in [6.07, 6.45) is 0. The molecule has 0 amide bonds. The lowest BCUT2D eigenvalue weighted by molar-refractivity contribution is -0.384. The average Bonchev–Trinajstić information content (AvgIpc) is 2.84. The van der Waals surface area contributed by atoms with E-state index in [-0.39, 0.29) is 16.8 Å². The highest BCUT2D eigenvalue weighted by atomic mass is 16.6. The third kappa shape index (κ3) is 2.91. The number of benzene rings is 1. The SMILES string of the molecule is CC(C)(C)c1cc(C(=O)[O-])nn1-c1ccc([N+](=O)[O-])cc1. The van der Waals surface area contributed by atoms with Gasteiger partial charge in [0.2, 0.25) is 0 Å². The van der Waals surface area contributed by atoms with Crippen LogP contribution in [-0.2, 0) is 5.41 Å². The molecular formula is C14H14N3O4-. The molecule has 0 N–H and O–H groups in total. The molecule has 0 bridgehead atoms. The summed E-state index contributed by atoms with van der Waals surface area (Å²) in [6.45, 7) is 5.76. The molecule has 0 saturated carbocycles. The van der Waals surface area contributed by atoms with Crippen molar-refractivity contribution in [2.45, 2.75) is 26.2 Å². The lowest BCUT2D eigenvalue weighted by Gasteiger charge is -2.20. The van der Waals surface area contributed by atoms with E-state index in [1.165, 1.54) is 35.0 Å². The number of hydrogen-bond acceptors (Lipinski definition) is 5. The van der Waals surface area contributed by atoms with Crippen molar-refractivity contribution in [2.24, 2.45) is 0 Å². The van der Waals surface area contributed by atoms with Crippen LogP contribution in [0.3, 0.4) is 0 Å². The Hall–Kier alpha value is -2.70. The molecule has 7 heteroatoms. The van der Waals surface area contributed by atoms with Gasteiger partial charge in [-0.2, -0.15) is 5.10 Å². The predicted octanol–water partition coefficient (Wildman–Crippen LogP) is 1.44. The second-order valence-electron chi connectivity index (χ2n) is 5.64. The lowest BCUT2D eigenvalue weighted by Crippen LogP contribution is -2.22. The number of carbonyl (C=O) groups is 1. The Bertz CT molecular complexity index is 696. The minimum absolute atomic E-state index is 0.0386. The van der Waals surface area contributed by atoms with E-state index in [0.29, 0.717) is 11.4 Å². The quantitative estimate of drug-likeness (QED) is 0.628. The topological polar surface area (TPSA) is 101 Å². The lowest BCUT2D eigenvalue weighted by atomic mass is 9.91. The van der Waals surface area contributed by atoms with Crippen LogP contribution in [0.2, 0.25) is 0 Å². The standard InChI is InChI=1S/C14H15N3O4/c1-14(2,3)12-8-11(13(18)19)15-16(12)9-4-6-10(7-5-9)17(20)21/h4-8H,1-3H3,(H,18,19)/p-1. The van der Waals surface area contributed by atoms with Crippen LogP contribution in [0.15, 0.2) is 30.3 Å². The Morgan fingerprint density at radius 3 is 2.24 bits per heavy atom. The van der Waals surface area contributed by atoms with E-state index in [0.717, 1.165) is 0 Å². The molecule has 0 atom stereocenters. The van der Waals surface area contributed by atoms with Gasteiger partial charge in [0.15, 0.2) is 0 Å². The maximum Gasteiger partial charge on any atom is 0.269 e. The van der Waals surface area contributed by atoms with Crippen molar-refractivity contribution in [2.75, 3.05) is 0 Å². The maximum absolute atomic E-state index is 11.0. The molecule has 110 valence electrons. The fraction of sp³-hybridized carbons (Fsp3) is 0.286. The average molecular weight is 288 g/mol. The van der Waals surface area contributed by atoms with Gasteiger partial charge in [0.1, 0.15) is 5.69 Å². The normalized spacial score (nSPS) is 11.4. The van der Waals surface area contributed by atoms with Crippen LogP contribution in [0.25, 0.3) is 5.69 Å². The molecule has 0 unspecified atom stereocenters. The summed E-state index contributed by atoms with van der Waals surface area (Å²) in [5.74, 6) is -1.36. The number of carbonyl (C=O) groups excluding carboxylic acids is 1. The molecule has 2 rings (SSSR count). The molecule has 0 aliphatic heterocycles. The molecule has 7 nitrogen and oxygen atoms in total. The number of nitro benzene ring substituents is 1. The van der Waals surface area contributed by atoms with E-state index in [9.17, 15) is 20.0 Å². The van der Waals surface area contributed by atoms with Crippen LogP contribution >= 0.6 is 0 Å². The van der Waals surface area contributed by atoms with Gasteiger partial charge in [0.25, 0.3) is 5.69 Å². The van der Waals surface area contributed by atoms with E-state index >= 15 is 0 Å². The number of carboxylic acids is 1. The van der Waals surface area contributed by atoms with Crippen molar-refractivity contribution in [3.8, 4) is 5.69 Å². The smallest absolute Gasteiger partial charge is 0.269 e. The Kier molecular flexibility index (Phi) is 3.51. The van der Waals surface area contributed by atoms with Gasteiger partial charge in [-0.15, -0.1) is 0 Å². The molecule has 0 aliphatic rings. The molecule has 1 aromatic heterocycles. The Morgan fingerprint density at radius 2 is 1.81 bits per heavy atom. The van der Waals surface area contributed by atoms with Gasteiger partial charge in [-0.3, -0.25) is 10.1 Å². The van der Waals surface area contributed by atoms with Crippen LogP contribution in [0.5, 0.6) is 0 Å². The summed E-state index contributed by atoms with van der Waals surface area (Å²) in [5, 5.41) is 25.7. The second kappa shape index (κ2) is 5.01. The predicted molar refractivity (Wildman–Crippen MR) is 73.2 cm³/mol. The number of non-ortho nitro benzene ring substituents is 1. The van der Waals surface area contributed by atoms with Gasteiger partial charge in [0, 0.05) is 17.5 Å². The number of nitrogens with zero attached hydrogens (tertiary/aromatic N) is 3. The first-order valence-electron chi connectivity index (χ1n) is 6.27. The minimum atomic E-state index is -1.36. The van der Waals surface area contributed by atoms with Crippen LogP contribution in [-0.4, -0.2) is 20.7 Å². The number of nitro groups is 1. The fourth-order valence-electron chi connectivity index (χ4n) is 1.93. The Morgan fingerprint density at radius 1 is 1.24 bits per heavy atom. The molecule has 0 aliphatic carbocycles. The summed E-state index contributed by atoms with van der Waals surface area (Å²) >= 11 is 0. The van der Waals surface area contributed by atoms with E-state index in [2.05, 4.69) is 5.10 Å². The summed E-state index contributed by atoms with van der Waals surface area (Å²) < 4.78 is 1.47. The van der Waals surface area contributed by atoms with E-state index in [4.69, 9.17) is 0 Å². The number of aromatic carboxylic acids is 1. The molecule has 21 heavy (non-hydrogen) atoms. The summed E-state index contributed by atoms with van der Waals surface area (Å²) in [7, 11) is 0. The molecule has 0 spiro atoms. The Labute approximate surface area is 121 Å². The van der Waals surface area contributed by atoms with Crippen molar-refractivity contribution < 1.29 is 14.8 Å². The molecule has 0 fully saturated rings. The van der Waals surface area contributed by atoms with E-state index in [1.54, 1.807) is 0 Å². The van der Waals surface area contributed by atoms with Crippen molar-refractivity contribution in [1.29, 1.82) is 0 Å². The summed E-state index contributed by atoms with van der Waals surface area (Å²) in [4.78, 5) is 21.2. The number of hydrogen-bond donors (Lipinski definition) is 0. The molecule has 1 heterocycles. The highest BCUT2D eigenvalue weighted by Gasteiger charge is 2.22. The van der Waals surface area contributed by atoms with Gasteiger partial charge in [-0.1, -0.05) is 20.8 Å². The maximum atomic E-state index is 11.0. The number of carboxylic acid groups (broad SMARTS) is 1. The first-order valence-corrected chi connectivity index (χ1v) is 6.27. The highest BCUT2D eigenvalue weighted by Crippen LogP contribution is 2.26. The zero-order valence-corrected chi connectivity index (χ0v) is 11.9. The molecule has 0 radical (unpaired) electrons. The van der Waals surface area contributed by atoms with Crippen LogP contribution in [0.1, 0.15) is 37.0 Å². The molecule has 0 saturated heterocycles. The molecule has 1 aromatic carbocycles. The third-order valence-corrected chi connectivity index (χ3v) is 2.99. The van der Waals surface area contributed by atoms with Gasteiger partial charge in [-0.05, 0) is 18.2 Å².